The van der Waals surface area contributed by atoms with Crippen molar-refractivity contribution in [3.63, 3.8) is 0 Å². The minimum atomic E-state index is -0.208. The van der Waals surface area contributed by atoms with Crippen molar-refractivity contribution in [1.82, 2.24) is 19.7 Å². The molecule has 3 aromatic rings. The maximum Gasteiger partial charge on any atom is 0.252 e. The molecule has 4 heterocycles. The van der Waals surface area contributed by atoms with Gasteiger partial charge in [-0.05, 0) is 43.7 Å². The smallest absolute Gasteiger partial charge is 0.252 e. The molecule has 1 aliphatic heterocycles. The lowest BCUT2D eigenvalue weighted by atomic mass is 9.68. The van der Waals surface area contributed by atoms with Gasteiger partial charge in [0.25, 0.3) is 5.95 Å². The third-order valence-corrected chi connectivity index (χ3v) is 6.84. The number of fused-ring (bicyclic) bond motifs is 2. The predicted molar refractivity (Wildman–Crippen MR) is 118 cm³/mol. The number of aryl methyl sites for hydroxylation is 3. The number of allylic oxidation sites excluding steroid dienone is 2. The highest BCUT2D eigenvalue weighted by atomic mass is 32.1. The standard InChI is InChI=1S/C23H25N5OS/c1-12-9-13(2)25-22(24-12)28-21-18(14(3)27-28)20(17-7-6-8-30-17)19-15(26-21)10-23(4,5)11-16(19)29/h6-10,19-20,26H,11H2,1-5H3/t19-,20+/m0/s1. The molecule has 1 aliphatic carbocycles. The summed E-state index contributed by atoms with van der Waals surface area (Å²) in [5.41, 5.74) is 4.55. The fourth-order valence-corrected chi connectivity index (χ4v) is 5.70. The molecule has 0 spiro atoms. The summed E-state index contributed by atoms with van der Waals surface area (Å²) in [6.07, 6.45) is 2.77. The van der Waals surface area contributed by atoms with Crippen molar-refractivity contribution in [2.45, 2.75) is 47.0 Å². The number of hydrogen-bond donors (Lipinski definition) is 1. The van der Waals surface area contributed by atoms with Crippen LogP contribution in [0, 0.1) is 32.1 Å². The second-order valence-electron chi connectivity index (χ2n) is 9.04. The molecular weight excluding hydrogens is 394 g/mol. The average Bonchev–Trinajstić information content (AvgIpc) is 3.27. The van der Waals surface area contributed by atoms with Crippen molar-refractivity contribution in [3.05, 3.63) is 62.9 Å². The highest BCUT2D eigenvalue weighted by Crippen LogP contribution is 2.51. The summed E-state index contributed by atoms with van der Waals surface area (Å²) in [4.78, 5) is 23.7. The Morgan fingerprint density at radius 1 is 1.17 bits per heavy atom. The van der Waals surface area contributed by atoms with Gasteiger partial charge in [0, 0.05) is 39.9 Å². The van der Waals surface area contributed by atoms with Crippen LogP contribution in [0.4, 0.5) is 5.82 Å². The van der Waals surface area contributed by atoms with E-state index in [0.717, 1.165) is 34.2 Å². The summed E-state index contributed by atoms with van der Waals surface area (Å²) in [5.74, 6) is 1.44. The Morgan fingerprint density at radius 3 is 2.57 bits per heavy atom. The molecule has 30 heavy (non-hydrogen) atoms. The van der Waals surface area contributed by atoms with Crippen LogP contribution in [-0.2, 0) is 4.79 Å². The van der Waals surface area contributed by atoms with E-state index in [9.17, 15) is 4.79 Å². The minimum absolute atomic E-state index is 0.0456. The maximum atomic E-state index is 13.3. The number of nitrogens with zero attached hydrogens (tertiary/aromatic N) is 4. The SMILES string of the molecule is Cc1cc(C)nc(-n2nc(C)c3c2NC2=CC(C)(C)CC(=O)[C@H]2[C@@H]3c2cccs2)n1. The minimum Gasteiger partial charge on any atom is -0.343 e. The fourth-order valence-electron chi connectivity index (χ4n) is 4.83. The van der Waals surface area contributed by atoms with Crippen LogP contribution in [0.5, 0.6) is 0 Å². The van der Waals surface area contributed by atoms with Crippen LogP contribution in [0.1, 0.15) is 53.7 Å². The zero-order valence-corrected chi connectivity index (χ0v) is 18.7. The van der Waals surface area contributed by atoms with Gasteiger partial charge in [0.2, 0.25) is 0 Å². The summed E-state index contributed by atoms with van der Waals surface area (Å²) in [7, 11) is 0. The summed E-state index contributed by atoms with van der Waals surface area (Å²) < 4.78 is 1.80. The van der Waals surface area contributed by atoms with Crippen LogP contribution < -0.4 is 5.32 Å². The molecule has 0 saturated heterocycles. The van der Waals surface area contributed by atoms with E-state index < -0.39 is 0 Å². The van der Waals surface area contributed by atoms with Crippen molar-refractivity contribution >= 4 is 22.9 Å². The first-order valence-corrected chi connectivity index (χ1v) is 11.1. The predicted octanol–water partition coefficient (Wildman–Crippen LogP) is 4.71. The van der Waals surface area contributed by atoms with E-state index in [4.69, 9.17) is 5.10 Å². The van der Waals surface area contributed by atoms with Crippen LogP contribution in [0.15, 0.2) is 35.4 Å². The average molecular weight is 420 g/mol. The lowest BCUT2D eigenvalue weighted by molar-refractivity contribution is -0.124. The molecule has 2 atom stereocenters. The number of ketones is 1. The molecule has 0 amide bonds. The molecule has 1 N–H and O–H groups in total. The second-order valence-corrected chi connectivity index (χ2v) is 10.0. The number of rotatable bonds is 2. The highest BCUT2D eigenvalue weighted by Gasteiger charge is 2.46. The van der Waals surface area contributed by atoms with E-state index in [0.29, 0.717) is 12.4 Å². The first-order valence-electron chi connectivity index (χ1n) is 10.2. The molecule has 5 rings (SSSR count). The van der Waals surface area contributed by atoms with Gasteiger partial charge in [-0.2, -0.15) is 9.78 Å². The van der Waals surface area contributed by atoms with E-state index in [1.165, 1.54) is 4.88 Å². The monoisotopic (exact) mass is 419 g/mol. The molecule has 0 unspecified atom stereocenters. The third-order valence-electron chi connectivity index (χ3n) is 5.88. The Hall–Kier alpha value is -2.80. The van der Waals surface area contributed by atoms with Gasteiger partial charge in [-0.15, -0.1) is 11.3 Å². The Kier molecular flexibility index (Phi) is 4.22. The van der Waals surface area contributed by atoms with Gasteiger partial charge in [-0.1, -0.05) is 26.0 Å². The zero-order chi connectivity index (χ0) is 21.2. The second kappa shape index (κ2) is 6.60. The molecule has 0 fully saturated rings. The molecule has 2 aliphatic rings. The van der Waals surface area contributed by atoms with Crippen molar-refractivity contribution < 1.29 is 4.79 Å². The summed E-state index contributed by atoms with van der Waals surface area (Å²) in [6, 6.07) is 6.13. The Bertz CT molecular complexity index is 1170. The van der Waals surface area contributed by atoms with Crippen LogP contribution in [0.3, 0.4) is 0 Å². The van der Waals surface area contributed by atoms with E-state index in [1.807, 2.05) is 26.8 Å². The summed E-state index contributed by atoms with van der Waals surface area (Å²) in [5, 5.41) is 10.5. The van der Waals surface area contributed by atoms with Crippen LogP contribution in [0.2, 0.25) is 0 Å². The van der Waals surface area contributed by atoms with Gasteiger partial charge in [0.1, 0.15) is 11.6 Å². The molecule has 6 nitrogen and oxygen atoms in total. The number of carbonyl (C=O) groups excluding carboxylic acids is 1. The topological polar surface area (TPSA) is 72.7 Å². The fraction of sp³-hybridized carbons (Fsp3) is 0.391. The number of hydrogen-bond acceptors (Lipinski definition) is 6. The number of anilines is 1. The van der Waals surface area contributed by atoms with E-state index in [2.05, 4.69) is 52.7 Å². The van der Waals surface area contributed by atoms with Crippen molar-refractivity contribution in [2.75, 3.05) is 5.32 Å². The normalized spacial score (nSPS) is 22.2. The van der Waals surface area contributed by atoms with Gasteiger partial charge in [-0.3, -0.25) is 4.79 Å². The van der Waals surface area contributed by atoms with Crippen molar-refractivity contribution in [1.29, 1.82) is 0 Å². The van der Waals surface area contributed by atoms with Crippen LogP contribution in [-0.4, -0.2) is 25.5 Å². The third kappa shape index (κ3) is 2.99. The first-order chi connectivity index (χ1) is 14.2. The van der Waals surface area contributed by atoms with Gasteiger partial charge in [-0.25, -0.2) is 9.97 Å². The van der Waals surface area contributed by atoms with Crippen molar-refractivity contribution in [3.8, 4) is 5.95 Å². The van der Waals surface area contributed by atoms with E-state index >= 15 is 0 Å². The van der Waals surface area contributed by atoms with Gasteiger partial charge in [0.15, 0.2) is 0 Å². The molecule has 0 bridgehead atoms. The highest BCUT2D eigenvalue weighted by molar-refractivity contribution is 7.10. The van der Waals surface area contributed by atoms with Gasteiger partial charge in [0.05, 0.1) is 11.6 Å². The molecule has 0 aromatic carbocycles. The quantitative estimate of drug-likeness (QED) is 0.651. The van der Waals surface area contributed by atoms with E-state index in [-0.39, 0.29) is 23.0 Å². The molecule has 3 aromatic heterocycles. The van der Waals surface area contributed by atoms with Crippen LogP contribution in [0.25, 0.3) is 5.95 Å². The van der Waals surface area contributed by atoms with Crippen LogP contribution >= 0.6 is 11.3 Å². The summed E-state index contributed by atoms with van der Waals surface area (Å²) >= 11 is 1.69. The Labute approximate surface area is 180 Å². The lowest BCUT2D eigenvalue weighted by Crippen LogP contribution is -2.39. The van der Waals surface area contributed by atoms with Crippen molar-refractivity contribution in [2.24, 2.45) is 11.3 Å². The van der Waals surface area contributed by atoms with Gasteiger partial charge >= 0.3 is 0 Å². The molecule has 7 heteroatoms. The molecule has 0 radical (unpaired) electrons. The zero-order valence-electron chi connectivity index (χ0n) is 17.9. The van der Waals surface area contributed by atoms with Gasteiger partial charge < -0.3 is 5.32 Å². The number of Topliss-reactive ketones (excluding diaryl/α,β-unsaturated/α-hetero) is 1. The summed E-state index contributed by atoms with van der Waals surface area (Å²) in [6.45, 7) is 10.2. The number of thiophene rings is 1. The first kappa shape index (κ1) is 19.2. The largest absolute Gasteiger partial charge is 0.343 e. The molecular formula is C23H25N5OS. The van der Waals surface area contributed by atoms with E-state index in [1.54, 1.807) is 16.0 Å². The number of nitrogens with one attached hydrogen (secondary N) is 1. The molecule has 154 valence electrons. The number of carbonyl (C=O) groups is 1. The maximum absolute atomic E-state index is 13.3. The molecule has 0 saturated carbocycles. The Morgan fingerprint density at radius 2 is 1.90 bits per heavy atom. The lowest BCUT2D eigenvalue weighted by Gasteiger charge is -2.40. The number of aromatic nitrogens is 4. The Balaban J connectivity index is 1.77.